The smallest absolute Gasteiger partial charge is 0.147 e. The molecule has 0 aliphatic carbocycles. The molecule has 1 aliphatic heterocycles. The molecular formula is C12H23N5. The lowest BCUT2D eigenvalue weighted by Gasteiger charge is -2.26. The fourth-order valence-corrected chi connectivity index (χ4v) is 2.43. The van der Waals surface area contributed by atoms with Gasteiger partial charge in [0.05, 0.1) is 6.20 Å². The Balaban J connectivity index is 1.91. The summed E-state index contributed by atoms with van der Waals surface area (Å²) in [6, 6.07) is 0.589. The van der Waals surface area contributed by atoms with E-state index >= 15 is 0 Å². The first-order chi connectivity index (χ1) is 8.18. The van der Waals surface area contributed by atoms with Crippen LogP contribution in [0, 0.1) is 5.92 Å². The highest BCUT2D eigenvalue weighted by Crippen LogP contribution is 2.23. The predicted octanol–water partition coefficient (Wildman–Crippen LogP) is 1.03. The zero-order valence-corrected chi connectivity index (χ0v) is 11.1. The third-order valence-corrected chi connectivity index (χ3v) is 3.29. The molecule has 0 radical (unpaired) electrons. The first-order valence-corrected chi connectivity index (χ1v) is 6.50. The number of rotatable bonds is 5. The molecule has 96 valence electrons. The highest BCUT2D eigenvalue weighted by atomic mass is 15.5. The van der Waals surface area contributed by atoms with Gasteiger partial charge in [-0.15, -0.1) is 5.10 Å². The van der Waals surface area contributed by atoms with E-state index < -0.39 is 0 Å². The van der Waals surface area contributed by atoms with Crippen molar-refractivity contribution in [1.29, 1.82) is 0 Å². The van der Waals surface area contributed by atoms with Gasteiger partial charge in [0.2, 0.25) is 0 Å². The number of aromatic nitrogens is 3. The van der Waals surface area contributed by atoms with Crippen molar-refractivity contribution in [2.24, 2.45) is 13.0 Å². The third kappa shape index (κ3) is 2.97. The molecule has 0 aromatic carbocycles. The van der Waals surface area contributed by atoms with Gasteiger partial charge in [0, 0.05) is 26.2 Å². The van der Waals surface area contributed by atoms with E-state index in [1.807, 2.05) is 17.9 Å². The molecule has 17 heavy (non-hydrogen) atoms. The van der Waals surface area contributed by atoms with Gasteiger partial charge in [0.25, 0.3) is 0 Å². The molecule has 1 aliphatic rings. The molecule has 1 atom stereocenters. The summed E-state index contributed by atoms with van der Waals surface area (Å²) in [5.41, 5.74) is 0. The minimum absolute atomic E-state index is 0.589. The zero-order valence-electron chi connectivity index (χ0n) is 11.1. The SMILES string of the molecule is CC(C)CNCC1CCCN1c1cnnn1C. The minimum Gasteiger partial charge on any atom is -0.351 e. The Hall–Kier alpha value is -1.10. The molecule has 2 heterocycles. The average molecular weight is 237 g/mol. The highest BCUT2D eigenvalue weighted by molar-refractivity contribution is 5.39. The van der Waals surface area contributed by atoms with Crippen LogP contribution in [0.1, 0.15) is 26.7 Å². The highest BCUT2D eigenvalue weighted by Gasteiger charge is 2.26. The van der Waals surface area contributed by atoms with Gasteiger partial charge in [0.1, 0.15) is 5.82 Å². The summed E-state index contributed by atoms with van der Waals surface area (Å²) in [6.45, 7) is 7.75. The van der Waals surface area contributed by atoms with E-state index in [0.717, 1.165) is 25.5 Å². The van der Waals surface area contributed by atoms with E-state index in [-0.39, 0.29) is 0 Å². The fraction of sp³-hybridized carbons (Fsp3) is 0.833. The standard InChI is InChI=1S/C12H23N5/c1-10(2)7-13-8-11-5-4-6-17(11)12-9-14-15-16(12)3/h9-11,13H,4-8H2,1-3H3. The second-order valence-corrected chi connectivity index (χ2v) is 5.26. The van der Waals surface area contributed by atoms with Crippen molar-refractivity contribution in [2.75, 3.05) is 24.5 Å². The van der Waals surface area contributed by atoms with Crippen LogP contribution in [0.15, 0.2) is 6.20 Å². The lowest BCUT2D eigenvalue weighted by molar-refractivity contribution is 0.508. The lowest BCUT2D eigenvalue weighted by Crippen LogP contribution is -2.39. The largest absolute Gasteiger partial charge is 0.351 e. The van der Waals surface area contributed by atoms with Gasteiger partial charge in [-0.25, -0.2) is 4.68 Å². The maximum absolute atomic E-state index is 4.01. The number of anilines is 1. The quantitative estimate of drug-likeness (QED) is 0.831. The molecule has 2 rings (SSSR count). The van der Waals surface area contributed by atoms with Crippen LogP contribution < -0.4 is 10.2 Å². The maximum atomic E-state index is 4.01. The molecule has 1 unspecified atom stereocenters. The predicted molar refractivity (Wildman–Crippen MR) is 69.1 cm³/mol. The Morgan fingerprint density at radius 3 is 3.00 bits per heavy atom. The molecule has 0 spiro atoms. The van der Waals surface area contributed by atoms with Gasteiger partial charge in [-0.2, -0.15) is 0 Å². The van der Waals surface area contributed by atoms with Crippen molar-refractivity contribution in [1.82, 2.24) is 20.3 Å². The van der Waals surface area contributed by atoms with Crippen LogP contribution in [0.4, 0.5) is 5.82 Å². The van der Waals surface area contributed by atoms with Crippen molar-refractivity contribution >= 4 is 5.82 Å². The number of aryl methyl sites for hydroxylation is 1. The molecule has 1 fully saturated rings. The molecule has 1 saturated heterocycles. The molecule has 1 N–H and O–H groups in total. The lowest BCUT2D eigenvalue weighted by atomic mass is 10.2. The first kappa shape index (κ1) is 12.4. The van der Waals surface area contributed by atoms with Crippen molar-refractivity contribution in [3.8, 4) is 0 Å². The van der Waals surface area contributed by atoms with Gasteiger partial charge in [-0.1, -0.05) is 19.1 Å². The number of nitrogens with one attached hydrogen (secondary N) is 1. The molecule has 0 amide bonds. The van der Waals surface area contributed by atoms with Crippen LogP contribution in [0.5, 0.6) is 0 Å². The molecule has 0 saturated carbocycles. The fourth-order valence-electron chi connectivity index (χ4n) is 2.43. The average Bonchev–Trinajstić information content (AvgIpc) is 2.86. The Morgan fingerprint density at radius 2 is 2.35 bits per heavy atom. The van der Waals surface area contributed by atoms with E-state index in [1.54, 1.807) is 0 Å². The monoisotopic (exact) mass is 237 g/mol. The summed E-state index contributed by atoms with van der Waals surface area (Å²) in [5, 5.41) is 11.5. The molecule has 5 nitrogen and oxygen atoms in total. The van der Waals surface area contributed by atoms with Crippen molar-refractivity contribution in [3.05, 3.63) is 6.20 Å². The Labute approximate surface area is 103 Å². The van der Waals surface area contributed by atoms with Crippen LogP contribution in [-0.2, 0) is 7.05 Å². The summed E-state index contributed by atoms with van der Waals surface area (Å²) in [7, 11) is 1.96. The Kier molecular flexibility index (Phi) is 3.99. The van der Waals surface area contributed by atoms with Crippen LogP contribution in [0.2, 0.25) is 0 Å². The van der Waals surface area contributed by atoms with Gasteiger partial charge >= 0.3 is 0 Å². The molecule has 1 aromatic heterocycles. The maximum Gasteiger partial charge on any atom is 0.147 e. The van der Waals surface area contributed by atoms with E-state index in [1.165, 1.54) is 12.8 Å². The third-order valence-electron chi connectivity index (χ3n) is 3.29. The van der Waals surface area contributed by atoms with E-state index in [9.17, 15) is 0 Å². The Morgan fingerprint density at radius 1 is 1.53 bits per heavy atom. The zero-order chi connectivity index (χ0) is 12.3. The van der Waals surface area contributed by atoms with Crippen LogP contribution in [-0.4, -0.2) is 40.7 Å². The Bertz CT molecular complexity index is 346. The summed E-state index contributed by atoms with van der Waals surface area (Å²) in [6.07, 6.45) is 4.39. The van der Waals surface area contributed by atoms with Crippen LogP contribution >= 0.6 is 0 Å². The van der Waals surface area contributed by atoms with E-state index in [2.05, 4.69) is 34.4 Å². The van der Waals surface area contributed by atoms with Crippen LogP contribution in [0.25, 0.3) is 0 Å². The number of hydrogen-bond donors (Lipinski definition) is 1. The molecule has 0 bridgehead atoms. The van der Waals surface area contributed by atoms with Gasteiger partial charge in [-0.05, 0) is 25.3 Å². The second-order valence-electron chi connectivity index (χ2n) is 5.26. The summed E-state index contributed by atoms with van der Waals surface area (Å²) in [4.78, 5) is 2.42. The minimum atomic E-state index is 0.589. The topological polar surface area (TPSA) is 46.0 Å². The molecule has 5 heteroatoms. The number of hydrogen-bond acceptors (Lipinski definition) is 4. The van der Waals surface area contributed by atoms with Gasteiger partial charge < -0.3 is 10.2 Å². The van der Waals surface area contributed by atoms with Crippen molar-refractivity contribution in [2.45, 2.75) is 32.7 Å². The van der Waals surface area contributed by atoms with Gasteiger partial charge in [-0.3, -0.25) is 0 Å². The second kappa shape index (κ2) is 5.49. The van der Waals surface area contributed by atoms with Crippen molar-refractivity contribution in [3.63, 3.8) is 0 Å². The normalized spacial score (nSPS) is 20.5. The van der Waals surface area contributed by atoms with Gasteiger partial charge in [0.15, 0.2) is 0 Å². The molecule has 1 aromatic rings. The molecular weight excluding hydrogens is 214 g/mol. The summed E-state index contributed by atoms with van der Waals surface area (Å²) < 4.78 is 1.86. The number of nitrogens with zero attached hydrogens (tertiary/aromatic N) is 4. The summed E-state index contributed by atoms with van der Waals surface area (Å²) in [5.74, 6) is 1.85. The summed E-state index contributed by atoms with van der Waals surface area (Å²) >= 11 is 0. The van der Waals surface area contributed by atoms with Crippen LogP contribution in [0.3, 0.4) is 0 Å². The van der Waals surface area contributed by atoms with Crippen molar-refractivity contribution < 1.29 is 0 Å². The van der Waals surface area contributed by atoms with E-state index in [4.69, 9.17) is 0 Å². The first-order valence-electron chi connectivity index (χ1n) is 6.50. The van der Waals surface area contributed by atoms with E-state index in [0.29, 0.717) is 12.0 Å².